The number of hydrogen-bond donors (Lipinski definition) is 1. The Morgan fingerprint density at radius 1 is 1.33 bits per heavy atom. The van der Waals surface area contributed by atoms with E-state index in [4.69, 9.17) is 0 Å². The number of hydrogen-bond acceptors (Lipinski definition) is 3. The van der Waals surface area contributed by atoms with Crippen molar-refractivity contribution in [2.24, 2.45) is 5.92 Å². The van der Waals surface area contributed by atoms with Gasteiger partial charge in [-0.05, 0) is 36.9 Å². The van der Waals surface area contributed by atoms with Gasteiger partial charge in [-0.2, -0.15) is 0 Å². The Kier molecular flexibility index (Phi) is 6.73. The highest BCUT2D eigenvalue weighted by Crippen LogP contribution is 2.11. The van der Waals surface area contributed by atoms with E-state index in [0.717, 1.165) is 31.4 Å². The van der Waals surface area contributed by atoms with E-state index in [1.807, 2.05) is 6.20 Å². The Labute approximate surface area is 112 Å². The third-order valence-electron chi connectivity index (χ3n) is 3.00. The topological polar surface area (TPSA) is 28.2 Å². The highest BCUT2D eigenvalue weighted by Gasteiger charge is 2.03. The Bertz CT molecular complexity index is 319. The third kappa shape index (κ3) is 5.50. The number of anilines is 1. The fraction of sp³-hybridized carbons (Fsp3) is 0.667. The lowest BCUT2D eigenvalue weighted by Gasteiger charge is -2.19. The van der Waals surface area contributed by atoms with Gasteiger partial charge in [-0.15, -0.1) is 0 Å². The molecule has 0 aliphatic rings. The predicted molar refractivity (Wildman–Crippen MR) is 79.0 cm³/mol. The molecule has 1 aromatic rings. The molecule has 0 atom stereocenters. The summed E-state index contributed by atoms with van der Waals surface area (Å²) in [5.41, 5.74) is 1.25. The van der Waals surface area contributed by atoms with Crippen LogP contribution in [0.3, 0.4) is 0 Å². The first-order valence-corrected chi connectivity index (χ1v) is 7.00. The summed E-state index contributed by atoms with van der Waals surface area (Å²) in [6.07, 6.45) is 4.35. The monoisotopic (exact) mass is 249 g/mol. The maximum atomic E-state index is 4.52. The highest BCUT2D eigenvalue weighted by molar-refractivity contribution is 5.38. The Morgan fingerprint density at radius 3 is 2.67 bits per heavy atom. The molecule has 1 heterocycles. The molecule has 1 aromatic heterocycles. The van der Waals surface area contributed by atoms with E-state index in [2.05, 4.69) is 55.2 Å². The highest BCUT2D eigenvalue weighted by atomic mass is 15.2. The van der Waals surface area contributed by atoms with Crippen LogP contribution in [0.1, 0.15) is 39.2 Å². The van der Waals surface area contributed by atoms with Crippen molar-refractivity contribution in [2.75, 3.05) is 25.0 Å². The van der Waals surface area contributed by atoms with Gasteiger partial charge in [0.05, 0.1) is 0 Å². The Morgan fingerprint density at radius 2 is 2.11 bits per heavy atom. The quantitative estimate of drug-likeness (QED) is 0.718. The molecule has 0 aromatic carbocycles. The summed E-state index contributed by atoms with van der Waals surface area (Å²) in [4.78, 5) is 6.75. The minimum Gasteiger partial charge on any atom is -0.360 e. The van der Waals surface area contributed by atoms with Gasteiger partial charge in [0.25, 0.3) is 0 Å². The van der Waals surface area contributed by atoms with Crippen LogP contribution in [0, 0.1) is 5.92 Å². The summed E-state index contributed by atoms with van der Waals surface area (Å²) in [7, 11) is 2.11. The van der Waals surface area contributed by atoms with E-state index in [1.165, 1.54) is 18.4 Å². The molecule has 1 N–H and O–H groups in total. The average Bonchev–Trinajstić information content (AvgIpc) is 2.37. The van der Waals surface area contributed by atoms with E-state index in [9.17, 15) is 0 Å². The van der Waals surface area contributed by atoms with Gasteiger partial charge in [0.1, 0.15) is 5.82 Å². The molecule has 0 aliphatic heterocycles. The zero-order valence-electron chi connectivity index (χ0n) is 12.2. The lowest BCUT2D eigenvalue weighted by molar-refractivity contribution is 0.583. The largest absolute Gasteiger partial charge is 0.360 e. The van der Waals surface area contributed by atoms with E-state index in [0.29, 0.717) is 0 Å². The van der Waals surface area contributed by atoms with E-state index < -0.39 is 0 Å². The minimum absolute atomic E-state index is 0.741. The molecule has 0 radical (unpaired) electrons. The first-order valence-electron chi connectivity index (χ1n) is 7.00. The van der Waals surface area contributed by atoms with Crippen molar-refractivity contribution in [1.82, 2.24) is 10.3 Å². The molecule has 0 saturated heterocycles. The van der Waals surface area contributed by atoms with Gasteiger partial charge in [0, 0.05) is 26.3 Å². The normalized spacial score (nSPS) is 10.9. The van der Waals surface area contributed by atoms with Crippen LogP contribution in [0.15, 0.2) is 18.3 Å². The van der Waals surface area contributed by atoms with Crippen molar-refractivity contribution in [3.8, 4) is 0 Å². The van der Waals surface area contributed by atoms with Gasteiger partial charge >= 0.3 is 0 Å². The molecule has 0 saturated carbocycles. The molecular weight excluding hydrogens is 222 g/mol. The molecule has 0 aliphatic carbocycles. The fourth-order valence-electron chi connectivity index (χ4n) is 1.72. The van der Waals surface area contributed by atoms with Crippen molar-refractivity contribution in [2.45, 2.75) is 40.2 Å². The number of nitrogens with one attached hydrogen (secondary N) is 1. The van der Waals surface area contributed by atoms with Crippen molar-refractivity contribution < 1.29 is 0 Å². The molecule has 18 heavy (non-hydrogen) atoms. The summed E-state index contributed by atoms with van der Waals surface area (Å²) in [6.45, 7) is 9.73. The van der Waals surface area contributed by atoms with E-state index >= 15 is 0 Å². The first kappa shape index (κ1) is 15.0. The van der Waals surface area contributed by atoms with E-state index in [1.54, 1.807) is 0 Å². The minimum atomic E-state index is 0.741. The molecular formula is C15H27N3. The van der Waals surface area contributed by atoms with Crippen LogP contribution in [-0.2, 0) is 6.54 Å². The third-order valence-corrected chi connectivity index (χ3v) is 3.00. The summed E-state index contributed by atoms with van der Waals surface area (Å²) in [5.74, 6) is 1.81. The Hall–Kier alpha value is -1.09. The summed E-state index contributed by atoms with van der Waals surface area (Å²) in [6, 6.07) is 4.28. The van der Waals surface area contributed by atoms with Gasteiger partial charge in [-0.3, -0.25) is 0 Å². The lowest BCUT2D eigenvalue weighted by Crippen LogP contribution is -2.21. The molecule has 0 amide bonds. The second-order valence-electron chi connectivity index (χ2n) is 5.31. The van der Waals surface area contributed by atoms with Crippen LogP contribution >= 0.6 is 0 Å². The van der Waals surface area contributed by atoms with Crippen LogP contribution in [0.2, 0.25) is 0 Å². The summed E-state index contributed by atoms with van der Waals surface area (Å²) >= 11 is 0. The summed E-state index contributed by atoms with van der Waals surface area (Å²) < 4.78 is 0. The van der Waals surface area contributed by atoms with E-state index in [-0.39, 0.29) is 0 Å². The number of pyridine rings is 1. The van der Waals surface area contributed by atoms with Crippen LogP contribution in [0.5, 0.6) is 0 Å². The maximum Gasteiger partial charge on any atom is 0.128 e. The maximum absolute atomic E-state index is 4.52. The second kappa shape index (κ2) is 8.09. The fourth-order valence-corrected chi connectivity index (χ4v) is 1.72. The molecule has 1 rings (SSSR count). The second-order valence-corrected chi connectivity index (χ2v) is 5.31. The van der Waals surface area contributed by atoms with Crippen molar-refractivity contribution >= 4 is 5.82 Å². The van der Waals surface area contributed by atoms with Crippen molar-refractivity contribution in [3.05, 3.63) is 23.9 Å². The van der Waals surface area contributed by atoms with Gasteiger partial charge in [0.15, 0.2) is 0 Å². The molecule has 3 nitrogen and oxygen atoms in total. The van der Waals surface area contributed by atoms with Crippen LogP contribution in [-0.4, -0.2) is 25.1 Å². The molecule has 0 fully saturated rings. The van der Waals surface area contributed by atoms with Crippen molar-refractivity contribution in [1.29, 1.82) is 0 Å². The molecule has 0 unspecified atom stereocenters. The number of aromatic nitrogens is 1. The zero-order valence-corrected chi connectivity index (χ0v) is 12.2. The molecule has 102 valence electrons. The van der Waals surface area contributed by atoms with Crippen LogP contribution < -0.4 is 10.2 Å². The first-order chi connectivity index (χ1) is 8.63. The van der Waals surface area contributed by atoms with Gasteiger partial charge in [0.2, 0.25) is 0 Å². The SMILES string of the molecule is CCCNCc1ccc(N(C)CCC(C)C)nc1. The smallest absolute Gasteiger partial charge is 0.128 e. The summed E-state index contributed by atoms with van der Waals surface area (Å²) in [5, 5.41) is 3.39. The molecule has 3 heteroatoms. The van der Waals surface area contributed by atoms with Crippen LogP contribution in [0.4, 0.5) is 5.82 Å². The zero-order chi connectivity index (χ0) is 13.4. The van der Waals surface area contributed by atoms with Gasteiger partial charge < -0.3 is 10.2 Å². The lowest BCUT2D eigenvalue weighted by atomic mass is 10.1. The predicted octanol–water partition coefficient (Wildman–Crippen LogP) is 3.06. The molecule has 0 bridgehead atoms. The van der Waals surface area contributed by atoms with Crippen LogP contribution in [0.25, 0.3) is 0 Å². The average molecular weight is 249 g/mol. The molecule has 0 spiro atoms. The standard InChI is InChI=1S/C15H27N3/c1-5-9-16-11-14-6-7-15(17-12-14)18(4)10-8-13(2)3/h6-7,12-13,16H,5,8-11H2,1-4H3. The number of rotatable bonds is 8. The van der Waals surface area contributed by atoms with Gasteiger partial charge in [-0.1, -0.05) is 26.8 Å². The number of nitrogens with zero attached hydrogens (tertiary/aromatic N) is 2. The Balaban J connectivity index is 2.43. The van der Waals surface area contributed by atoms with Gasteiger partial charge in [-0.25, -0.2) is 4.98 Å². The van der Waals surface area contributed by atoms with Crippen molar-refractivity contribution in [3.63, 3.8) is 0 Å².